The maximum Gasteiger partial charge on any atom is 0.339 e. The van der Waals surface area contributed by atoms with Crippen molar-refractivity contribution in [1.82, 2.24) is 10.0 Å². The van der Waals surface area contributed by atoms with Crippen LogP contribution in [0.15, 0.2) is 23.1 Å². The van der Waals surface area contributed by atoms with Crippen molar-refractivity contribution in [3.05, 3.63) is 29.3 Å². The highest BCUT2D eigenvalue weighted by atomic mass is 35.5. The molecule has 2 N–H and O–H groups in total. The Morgan fingerprint density at radius 1 is 1.32 bits per heavy atom. The van der Waals surface area contributed by atoms with Gasteiger partial charge in [-0.25, -0.2) is 17.9 Å². The molecule has 0 saturated carbocycles. The number of hydrogen-bond acceptors (Lipinski definition) is 5. The van der Waals surface area contributed by atoms with E-state index >= 15 is 0 Å². The van der Waals surface area contributed by atoms with Crippen LogP contribution in [0, 0.1) is 6.92 Å². The molecule has 1 fully saturated rings. The van der Waals surface area contributed by atoms with Gasteiger partial charge >= 0.3 is 5.97 Å². The first-order valence-electron chi connectivity index (χ1n) is 6.86. The van der Waals surface area contributed by atoms with Crippen molar-refractivity contribution >= 4 is 28.4 Å². The monoisotopic (exact) mass is 348 g/mol. The van der Waals surface area contributed by atoms with Gasteiger partial charge in [-0.1, -0.05) is 11.6 Å². The van der Waals surface area contributed by atoms with E-state index in [1.807, 2.05) is 0 Å². The highest BCUT2D eigenvalue weighted by Crippen LogP contribution is 2.19. The molecule has 1 heterocycles. The van der Waals surface area contributed by atoms with Gasteiger partial charge in [0.05, 0.1) is 17.6 Å². The first-order valence-corrected chi connectivity index (χ1v) is 8.34. The summed E-state index contributed by atoms with van der Waals surface area (Å²) in [6, 6.07) is 4.54. The molecular formula is C14H21ClN2O4S. The molecule has 1 saturated heterocycles. The maximum absolute atomic E-state index is 12.5. The van der Waals surface area contributed by atoms with Crippen LogP contribution in [0.1, 0.15) is 28.8 Å². The molecule has 0 spiro atoms. The fraction of sp³-hybridized carbons (Fsp3) is 0.500. The number of halogens is 1. The van der Waals surface area contributed by atoms with Crippen molar-refractivity contribution in [2.24, 2.45) is 0 Å². The predicted octanol–water partition coefficient (Wildman–Crippen LogP) is 1.23. The van der Waals surface area contributed by atoms with Crippen LogP contribution in [0.5, 0.6) is 0 Å². The van der Waals surface area contributed by atoms with Crippen molar-refractivity contribution in [2.75, 3.05) is 20.2 Å². The van der Waals surface area contributed by atoms with E-state index in [-0.39, 0.29) is 28.9 Å². The topological polar surface area (TPSA) is 84.5 Å². The second-order valence-corrected chi connectivity index (χ2v) is 6.82. The van der Waals surface area contributed by atoms with Crippen LogP contribution < -0.4 is 10.0 Å². The number of methoxy groups -OCH3 is 1. The lowest BCUT2D eigenvalue weighted by Gasteiger charge is -2.24. The molecule has 0 atom stereocenters. The molecule has 0 radical (unpaired) electrons. The molecule has 6 nitrogen and oxygen atoms in total. The van der Waals surface area contributed by atoms with Gasteiger partial charge < -0.3 is 10.1 Å². The number of nitrogens with one attached hydrogen (secondary N) is 2. The smallest absolute Gasteiger partial charge is 0.339 e. The Morgan fingerprint density at radius 2 is 1.95 bits per heavy atom. The quantitative estimate of drug-likeness (QED) is 0.799. The SMILES string of the molecule is COC(=O)c1cc(C)ccc1S(=O)(=O)NC1CCNCC1.Cl. The average Bonchev–Trinajstić information content (AvgIpc) is 2.46. The van der Waals surface area contributed by atoms with Gasteiger partial charge in [0.25, 0.3) is 0 Å². The van der Waals surface area contributed by atoms with Crippen molar-refractivity contribution in [3.8, 4) is 0 Å². The number of carbonyl (C=O) groups is 1. The first-order chi connectivity index (χ1) is 9.94. The molecule has 0 bridgehead atoms. The number of sulfonamides is 1. The lowest BCUT2D eigenvalue weighted by molar-refractivity contribution is 0.0596. The molecule has 1 aromatic rings. The molecular weight excluding hydrogens is 328 g/mol. The van der Waals surface area contributed by atoms with Gasteiger partial charge in [0.15, 0.2) is 0 Å². The van der Waals surface area contributed by atoms with Crippen molar-refractivity contribution in [3.63, 3.8) is 0 Å². The van der Waals surface area contributed by atoms with Crippen LogP contribution in [0.2, 0.25) is 0 Å². The van der Waals surface area contributed by atoms with Crippen LogP contribution in [0.3, 0.4) is 0 Å². The average molecular weight is 349 g/mol. The number of piperidine rings is 1. The summed E-state index contributed by atoms with van der Waals surface area (Å²) in [4.78, 5) is 11.8. The molecule has 0 aliphatic carbocycles. The number of aryl methyl sites for hydroxylation is 1. The van der Waals surface area contributed by atoms with Gasteiger partial charge in [0, 0.05) is 6.04 Å². The third-order valence-electron chi connectivity index (χ3n) is 3.49. The molecule has 1 aliphatic rings. The Balaban J connectivity index is 0.00000242. The minimum absolute atomic E-state index is 0. The van der Waals surface area contributed by atoms with E-state index < -0.39 is 16.0 Å². The van der Waals surface area contributed by atoms with Crippen LogP contribution in [-0.4, -0.2) is 40.6 Å². The maximum atomic E-state index is 12.5. The highest BCUT2D eigenvalue weighted by molar-refractivity contribution is 7.89. The summed E-state index contributed by atoms with van der Waals surface area (Å²) >= 11 is 0. The lowest BCUT2D eigenvalue weighted by Crippen LogP contribution is -2.42. The van der Waals surface area contributed by atoms with Gasteiger partial charge in [0.2, 0.25) is 10.0 Å². The molecule has 124 valence electrons. The summed E-state index contributed by atoms with van der Waals surface area (Å²) in [7, 11) is -2.50. The normalized spacial score (nSPS) is 15.9. The lowest BCUT2D eigenvalue weighted by atomic mass is 10.1. The predicted molar refractivity (Wildman–Crippen MR) is 86.0 cm³/mol. The van der Waals surface area contributed by atoms with E-state index in [0.717, 1.165) is 31.5 Å². The third kappa shape index (κ3) is 4.42. The first kappa shape index (κ1) is 18.9. The summed E-state index contributed by atoms with van der Waals surface area (Å²) in [5, 5.41) is 3.18. The number of benzene rings is 1. The van der Waals surface area contributed by atoms with Crippen LogP contribution in [0.4, 0.5) is 0 Å². The second-order valence-electron chi connectivity index (χ2n) is 5.14. The molecule has 0 aromatic heterocycles. The number of carbonyl (C=O) groups excluding carboxylic acids is 1. The molecule has 22 heavy (non-hydrogen) atoms. The molecule has 8 heteroatoms. The summed E-state index contributed by atoms with van der Waals surface area (Å²) in [6.45, 7) is 3.36. The summed E-state index contributed by atoms with van der Waals surface area (Å²) in [5.74, 6) is -0.649. The van der Waals surface area contributed by atoms with Gasteiger partial charge in [0.1, 0.15) is 0 Å². The Hall–Kier alpha value is -1.15. The van der Waals surface area contributed by atoms with E-state index in [4.69, 9.17) is 0 Å². The summed E-state index contributed by atoms with van der Waals surface area (Å²) in [6.07, 6.45) is 1.47. The zero-order valence-electron chi connectivity index (χ0n) is 12.6. The Labute approximate surface area is 137 Å². The van der Waals surface area contributed by atoms with Gasteiger partial charge in [-0.15, -0.1) is 12.4 Å². The van der Waals surface area contributed by atoms with Gasteiger partial charge in [-0.2, -0.15) is 0 Å². The van der Waals surface area contributed by atoms with Crippen LogP contribution in [-0.2, 0) is 14.8 Å². The molecule has 2 rings (SSSR count). The van der Waals surface area contributed by atoms with E-state index in [1.165, 1.54) is 19.2 Å². The fourth-order valence-electron chi connectivity index (χ4n) is 2.37. The summed E-state index contributed by atoms with van der Waals surface area (Å²) in [5.41, 5.74) is 0.871. The highest BCUT2D eigenvalue weighted by Gasteiger charge is 2.26. The molecule has 0 amide bonds. The zero-order valence-corrected chi connectivity index (χ0v) is 14.2. The van der Waals surface area contributed by atoms with E-state index in [0.29, 0.717) is 0 Å². The molecule has 1 aromatic carbocycles. The third-order valence-corrected chi connectivity index (χ3v) is 5.07. The van der Waals surface area contributed by atoms with Gasteiger partial charge in [-0.3, -0.25) is 0 Å². The number of rotatable bonds is 4. The Bertz CT molecular complexity index is 628. The van der Waals surface area contributed by atoms with Crippen molar-refractivity contribution < 1.29 is 17.9 Å². The minimum atomic E-state index is -3.74. The summed E-state index contributed by atoms with van der Waals surface area (Å²) < 4.78 is 32.4. The minimum Gasteiger partial charge on any atom is -0.465 e. The number of esters is 1. The fourth-order valence-corrected chi connectivity index (χ4v) is 3.85. The van der Waals surface area contributed by atoms with E-state index in [2.05, 4.69) is 14.8 Å². The number of hydrogen-bond donors (Lipinski definition) is 2. The van der Waals surface area contributed by atoms with E-state index in [9.17, 15) is 13.2 Å². The van der Waals surface area contributed by atoms with Crippen LogP contribution >= 0.6 is 12.4 Å². The molecule has 0 unspecified atom stereocenters. The van der Waals surface area contributed by atoms with Crippen molar-refractivity contribution in [1.29, 1.82) is 0 Å². The number of ether oxygens (including phenoxy) is 1. The zero-order chi connectivity index (χ0) is 15.5. The Kier molecular flexibility index (Phi) is 6.80. The van der Waals surface area contributed by atoms with Crippen molar-refractivity contribution in [2.45, 2.75) is 30.7 Å². The molecule has 1 aliphatic heterocycles. The largest absolute Gasteiger partial charge is 0.465 e. The standard InChI is InChI=1S/C14H20N2O4S.ClH/c1-10-3-4-13(12(9-10)14(17)20-2)21(18,19)16-11-5-7-15-8-6-11;/h3-4,9,11,15-16H,5-8H2,1-2H3;1H. The Morgan fingerprint density at radius 3 is 2.55 bits per heavy atom. The van der Waals surface area contributed by atoms with Gasteiger partial charge in [-0.05, 0) is 45.0 Å². The second kappa shape index (κ2) is 7.92. The van der Waals surface area contributed by atoms with Crippen LogP contribution in [0.25, 0.3) is 0 Å². The van der Waals surface area contributed by atoms with E-state index in [1.54, 1.807) is 13.0 Å².